The lowest BCUT2D eigenvalue weighted by Gasteiger charge is -2.22. The first kappa shape index (κ1) is 15.5. The van der Waals surface area contributed by atoms with E-state index >= 15 is 0 Å². The van der Waals surface area contributed by atoms with E-state index in [1.54, 1.807) is 30.0 Å². The zero-order valence-electron chi connectivity index (χ0n) is 12.3. The van der Waals surface area contributed by atoms with Crippen LogP contribution in [0.3, 0.4) is 0 Å². The third-order valence-electron chi connectivity index (χ3n) is 4.26. The Morgan fingerprint density at radius 1 is 1.43 bits per heavy atom. The minimum absolute atomic E-state index is 0.115. The summed E-state index contributed by atoms with van der Waals surface area (Å²) in [5.41, 5.74) is -0.345. The van der Waals surface area contributed by atoms with Gasteiger partial charge in [0.2, 0.25) is 5.91 Å². The van der Waals surface area contributed by atoms with Gasteiger partial charge in [0.05, 0.1) is 5.41 Å². The van der Waals surface area contributed by atoms with E-state index in [0.29, 0.717) is 18.5 Å². The van der Waals surface area contributed by atoms with Gasteiger partial charge >= 0.3 is 5.97 Å². The van der Waals surface area contributed by atoms with Crippen LogP contribution in [0.15, 0.2) is 24.3 Å². The molecule has 114 valence electrons. The number of aliphatic carboxylic acids is 1. The molecule has 1 amide bonds. The van der Waals surface area contributed by atoms with E-state index in [1.807, 2.05) is 6.92 Å². The van der Waals surface area contributed by atoms with E-state index < -0.39 is 11.4 Å². The largest absolute Gasteiger partial charge is 0.481 e. The smallest absolute Gasteiger partial charge is 0.311 e. The molecule has 5 heteroatoms. The molecule has 1 N–H and O–H groups in total. The summed E-state index contributed by atoms with van der Waals surface area (Å²) in [4.78, 5) is 25.0. The van der Waals surface area contributed by atoms with Gasteiger partial charge < -0.3 is 10.0 Å². The fraction of sp³-hybridized carbons (Fsp3) is 0.500. The first-order chi connectivity index (χ1) is 9.83. The van der Waals surface area contributed by atoms with Crippen molar-refractivity contribution in [1.29, 1.82) is 0 Å². The Kier molecular flexibility index (Phi) is 4.30. The summed E-state index contributed by atoms with van der Waals surface area (Å²) in [6, 6.07) is 6.43. The van der Waals surface area contributed by atoms with Gasteiger partial charge in [0.15, 0.2) is 0 Å². The van der Waals surface area contributed by atoms with E-state index in [2.05, 4.69) is 0 Å². The number of benzene rings is 1. The predicted molar refractivity (Wildman–Crippen MR) is 76.4 cm³/mol. The van der Waals surface area contributed by atoms with Crippen LogP contribution in [-0.4, -0.2) is 35.0 Å². The van der Waals surface area contributed by atoms with Gasteiger partial charge in [0, 0.05) is 19.5 Å². The molecular formula is C16H20FNO3. The summed E-state index contributed by atoms with van der Waals surface area (Å²) in [6.07, 6.45) is 0.652. The van der Waals surface area contributed by atoms with E-state index in [0.717, 1.165) is 0 Å². The fourth-order valence-electron chi connectivity index (χ4n) is 2.72. The number of carbonyl (C=O) groups excluding carboxylic acids is 1. The molecule has 0 saturated carbocycles. The molecule has 1 heterocycles. The molecule has 0 unspecified atom stereocenters. The molecular weight excluding hydrogens is 273 g/mol. The highest BCUT2D eigenvalue weighted by Crippen LogP contribution is 2.31. The number of halogens is 1. The van der Waals surface area contributed by atoms with Gasteiger partial charge in [-0.15, -0.1) is 0 Å². The van der Waals surface area contributed by atoms with Crippen LogP contribution in [0.25, 0.3) is 0 Å². The lowest BCUT2D eigenvalue weighted by Crippen LogP contribution is -2.35. The molecule has 1 aromatic carbocycles. The Hall–Kier alpha value is -1.91. The average Bonchev–Trinajstić information content (AvgIpc) is 2.83. The van der Waals surface area contributed by atoms with Crippen molar-refractivity contribution in [3.8, 4) is 0 Å². The van der Waals surface area contributed by atoms with Crippen molar-refractivity contribution in [2.45, 2.75) is 32.6 Å². The molecule has 1 aliphatic rings. The van der Waals surface area contributed by atoms with E-state index in [1.165, 1.54) is 6.07 Å². The van der Waals surface area contributed by atoms with Crippen LogP contribution in [0.1, 0.15) is 38.2 Å². The number of amides is 1. The highest BCUT2D eigenvalue weighted by molar-refractivity contribution is 5.81. The average molecular weight is 293 g/mol. The zero-order valence-corrected chi connectivity index (χ0v) is 12.3. The summed E-state index contributed by atoms with van der Waals surface area (Å²) in [7, 11) is 0. The summed E-state index contributed by atoms with van der Waals surface area (Å²) in [5, 5.41) is 9.18. The van der Waals surface area contributed by atoms with Crippen LogP contribution in [-0.2, 0) is 9.59 Å². The van der Waals surface area contributed by atoms with E-state index in [9.17, 15) is 19.1 Å². The standard InChI is InChI=1S/C16H20FNO3/c1-11(12-5-3-4-6-13(12)17)9-14(19)18-8-7-16(2,10-18)15(20)21/h3-6,11H,7-10H2,1-2H3,(H,20,21)/t11-,16-/m1/s1. The van der Waals surface area contributed by atoms with Gasteiger partial charge in [-0.1, -0.05) is 25.1 Å². The lowest BCUT2D eigenvalue weighted by atomic mass is 9.90. The maximum Gasteiger partial charge on any atom is 0.311 e. The third kappa shape index (κ3) is 3.23. The number of carboxylic acids is 1. The monoisotopic (exact) mass is 293 g/mol. The molecule has 0 aromatic heterocycles. The van der Waals surface area contributed by atoms with Gasteiger partial charge in [0.25, 0.3) is 0 Å². The van der Waals surface area contributed by atoms with Crippen molar-refractivity contribution in [1.82, 2.24) is 4.90 Å². The van der Waals surface area contributed by atoms with Gasteiger partial charge in [0.1, 0.15) is 5.82 Å². The fourth-order valence-corrected chi connectivity index (χ4v) is 2.72. The van der Waals surface area contributed by atoms with Gasteiger partial charge in [-0.3, -0.25) is 9.59 Å². The van der Waals surface area contributed by atoms with Crippen molar-refractivity contribution in [2.75, 3.05) is 13.1 Å². The van der Waals surface area contributed by atoms with Crippen LogP contribution in [0, 0.1) is 11.2 Å². The van der Waals surface area contributed by atoms with Crippen LogP contribution in [0.5, 0.6) is 0 Å². The van der Waals surface area contributed by atoms with Crippen molar-refractivity contribution in [2.24, 2.45) is 5.41 Å². The van der Waals surface area contributed by atoms with Gasteiger partial charge in [-0.05, 0) is 30.9 Å². The summed E-state index contributed by atoms with van der Waals surface area (Å²) >= 11 is 0. The van der Waals surface area contributed by atoms with Crippen molar-refractivity contribution in [3.05, 3.63) is 35.6 Å². The number of likely N-dealkylation sites (tertiary alicyclic amines) is 1. The molecule has 1 aliphatic heterocycles. The number of carboxylic acid groups (broad SMARTS) is 1. The number of nitrogens with zero attached hydrogens (tertiary/aromatic N) is 1. The molecule has 1 aromatic rings. The molecule has 0 radical (unpaired) electrons. The molecule has 1 fully saturated rings. The van der Waals surface area contributed by atoms with Crippen molar-refractivity contribution < 1.29 is 19.1 Å². The van der Waals surface area contributed by atoms with E-state index in [-0.39, 0.29) is 30.6 Å². The minimum Gasteiger partial charge on any atom is -0.481 e. The Morgan fingerprint density at radius 3 is 2.67 bits per heavy atom. The summed E-state index contributed by atoms with van der Waals surface area (Å²) in [6.45, 7) is 4.14. The third-order valence-corrected chi connectivity index (χ3v) is 4.26. The van der Waals surface area contributed by atoms with Crippen LogP contribution in [0.4, 0.5) is 4.39 Å². The molecule has 1 saturated heterocycles. The number of rotatable bonds is 4. The second-order valence-corrected chi connectivity index (χ2v) is 6.06. The lowest BCUT2D eigenvalue weighted by molar-refractivity contribution is -0.147. The molecule has 0 spiro atoms. The second kappa shape index (κ2) is 5.84. The number of hydrogen-bond acceptors (Lipinski definition) is 2. The highest BCUT2D eigenvalue weighted by atomic mass is 19.1. The first-order valence-corrected chi connectivity index (χ1v) is 7.09. The number of hydrogen-bond donors (Lipinski definition) is 1. The van der Waals surface area contributed by atoms with Crippen LogP contribution in [0.2, 0.25) is 0 Å². The Labute approximate surface area is 123 Å². The zero-order chi connectivity index (χ0) is 15.6. The summed E-state index contributed by atoms with van der Waals surface area (Å²) < 4.78 is 13.7. The Balaban J connectivity index is 2.00. The molecule has 4 nitrogen and oxygen atoms in total. The molecule has 2 rings (SSSR count). The van der Waals surface area contributed by atoms with Gasteiger partial charge in [-0.2, -0.15) is 0 Å². The normalized spacial score (nSPS) is 23.1. The summed E-state index contributed by atoms with van der Waals surface area (Å²) in [5.74, 6) is -1.53. The molecule has 0 bridgehead atoms. The van der Waals surface area contributed by atoms with Crippen molar-refractivity contribution >= 4 is 11.9 Å². The topological polar surface area (TPSA) is 57.6 Å². The van der Waals surface area contributed by atoms with E-state index in [4.69, 9.17) is 0 Å². The van der Waals surface area contributed by atoms with Crippen LogP contribution >= 0.6 is 0 Å². The number of carbonyl (C=O) groups is 2. The Bertz CT molecular complexity index is 560. The second-order valence-electron chi connectivity index (χ2n) is 6.06. The quantitative estimate of drug-likeness (QED) is 0.928. The molecule has 21 heavy (non-hydrogen) atoms. The molecule has 0 aliphatic carbocycles. The van der Waals surface area contributed by atoms with Gasteiger partial charge in [-0.25, -0.2) is 4.39 Å². The molecule has 2 atom stereocenters. The Morgan fingerprint density at radius 2 is 2.10 bits per heavy atom. The van der Waals surface area contributed by atoms with Crippen molar-refractivity contribution in [3.63, 3.8) is 0 Å². The first-order valence-electron chi connectivity index (χ1n) is 7.09. The predicted octanol–water partition coefficient (Wildman–Crippen LogP) is 2.64. The highest BCUT2D eigenvalue weighted by Gasteiger charge is 2.42. The maximum absolute atomic E-state index is 13.7. The SMILES string of the molecule is C[C@H](CC(=O)N1CC[C@@](C)(C(=O)O)C1)c1ccccc1F. The minimum atomic E-state index is -0.875. The maximum atomic E-state index is 13.7. The van der Waals surface area contributed by atoms with Crippen LogP contribution < -0.4 is 0 Å².